The topological polar surface area (TPSA) is 107 Å². The van der Waals surface area contributed by atoms with Crippen molar-refractivity contribution in [3.63, 3.8) is 0 Å². The van der Waals surface area contributed by atoms with Gasteiger partial charge in [0.2, 0.25) is 5.78 Å². The standard InChI is InChI=1S/C32H34N4O4S2Si/c1-21-7-10-24(11-8-21)42(38,39)36-14-13-25-29(28(41-3)17-22(2)30(25)36)31(37)32-34-26-18-23(19-33)9-12-27(26)35(32)20-40-15-16-43(4,5)6/h7-14,17-18H,15-16,20H2,1-6H3. The normalized spacial score (nSPS) is 12.2. The first-order valence-electron chi connectivity index (χ1n) is 13.9. The van der Waals surface area contributed by atoms with Gasteiger partial charge in [-0.25, -0.2) is 17.4 Å². The van der Waals surface area contributed by atoms with Crippen LogP contribution in [0, 0.1) is 25.2 Å². The second kappa shape index (κ2) is 11.8. The van der Waals surface area contributed by atoms with E-state index in [2.05, 4.69) is 25.7 Å². The van der Waals surface area contributed by atoms with E-state index in [0.717, 1.165) is 22.1 Å². The van der Waals surface area contributed by atoms with Gasteiger partial charge >= 0.3 is 0 Å². The molecule has 2 heterocycles. The lowest BCUT2D eigenvalue weighted by molar-refractivity contribution is 0.0834. The van der Waals surface area contributed by atoms with Crippen LogP contribution in [0.5, 0.6) is 0 Å². The van der Waals surface area contributed by atoms with Gasteiger partial charge in [-0.15, -0.1) is 11.8 Å². The first-order valence-corrected chi connectivity index (χ1v) is 20.3. The Morgan fingerprint density at radius 2 is 1.79 bits per heavy atom. The van der Waals surface area contributed by atoms with Crippen molar-refractivity contribution >= 4 is 57.6 Å². The number of fused-ring (bicyclic) bond motifs is 2. The molecular weight excluding hydrogens is 597 g/mol. The number of ketones is 1. The third-order valence-corrected chi connectivity index (χ3v) is 11.6. The minimum atomic E-state index is -3.92. The molecule has 222 valence electrons. The summed E-state index contributed by atoms with van der Waals surface area (Å²) < 4.78 is 36.6. The lowest BCUT2D eigenvalue weighted by Crippen LogP contribution is -2.22. The van der Waals surface area contributed by atoms with E-state index in [1.165, 1.54) is 21.9 Å². The van der Waals surface area contributed by atoms with Crippen LogP contribution in [0.1, 0.15) is 32.9 Å². The van der Waals surface area contributed by atoms with Crippen LogP contribution in [0.15, 0.2) is 70.6 Å². The third kappa shape index (κ3) is 5.93. The molecule has 0 saturated carbocycles. The van der Waals surface area contributed by atoms with Crippen LogP contribution in [0.25, 0.3) is 21.9 Å². The number of ether oxygens (including phenoxy) is 1. The van der Waals surface area contributed by atoms with Crippen molar-refractivity contribution in [3.8, 4) is 6.07 Å². The van der Waals surface area contributed by atoms with Crippen LogP contribution in [0.4, 0.5) is 0 Å². The Labute approximate surface area is 257 Å². The fourth-order valence-corrected chi connectivity index (χ4v) is 7.91. The number of aromatic nitrogens is 3. The van der Waals surface area contributed by atoms with Crippen LogP contribution >= 0.6 is 11.8 Å². The molecule has 3 aromatic carbocycles. The van der Waals surface area contributed by atoms with E-state index in [4.69, 9.17) is 9.72 Å². The molecule has 0 atom stereocenters. The molecule has 5 rings (SSSR count). The Kier molecular flexibility index (Phi) is 8.42. The lowest BCUT2D eigenvalue weighted by Gasteiger charge is -2.17. The predicted octanol–water partition coefficient (Wildman–Crippen LogP) is 6.98. The maximum Gasteiger partial charge on any atom is 0.268 e. The summed E-state index contributed by atoms with van der Waals surface area (Å²) in [5.41, 5.74) is 4.16. The first kappa shape index (κ1) is 30.8. The molecule has 0 fully saturated rings. The average Bonchev–Trinajstić information content (AvgIpc) is 3.57. The fourth-order valence-electron chi connectivity index (χ4n) is 5.04. The minimum absolute atomic E-state index is 0.125. The Morgan fingerprint density at radius 3 is 2.44 bits per heavy atom. The van der Waals surface area contributed by atoms with Crippen molar-refractivity contribution in [3.05, 3.63) is 88.9 Å². The predicted molar refractivity (Wildman–Crippen MR) is 174 cm³/mol. The van der Waals surface area contributed by atoms with Gasteiger partial charge in [-0.2, -0.15) is 5.26 Å². The highest BCUT2D eigenvalue weighted by Gasteiger charge is 2.28. The average molecular weight is 631 g/mol. The van der Waals surface area contributed by atoms with Crippen molar-refractivity contribution in [1.29, 1.82) is 5.26 Å². The zero-order chi connectivity index (χ0) is 31.1. The van der Waals surface area contributed by atoms with Crippen molar-refractivity contribution in [2.24, 2.45) is 0 Å². The van der Waals surface area contributed by atoms with E-state index >= 15 is 0 Å². The van der Waals surface area contributed by atoms with Gasteiger partial charge in [0.05, 0.1) is 33.1 Å². The third-order valence-electron chi connectivity index (χ3n) is 7.41. The van der Waals surface area contributed by atoms with E-state index in [1.54, 1.807) is 53.1 Å². The molecule has 0 N–H and O–H groups in total. The molecule has 11 heteroatoms. The number of nitrogens with zero attached hydrogens (tertiary/aromatic N) is 4. The summed E-state index contributed by atoms with van der Waals surface area (Å²) in [6, 6.07) is 18.5. The Bertz CT molecular complexity index is 2020. The molecule has 0 aliphatic heterocycles. The summed E-state index contributed by atoms with van der Waals surface area (Å²) in [6.45, 7) is 11.3. The zero-order valence-electron chi connectivity index (χ0n) is 25.1. The van der Waals surface area contributed by atoms with Gasteiger partial charge in [-0.05, 0) is 74.2 Å². The molecule has 0 aliphatic carbocycles. The number of aryl methyl sites for hydroxylation is 2. The number of carbonyl (C=O) groups excluding carboxylic acids is 1. The van der Waals surface area contributed by atoms with Crippen LogP contribution in [-0.2, 0) is 21.5 Å². The van der Waals surface area contributed by atoms with E-state index in [-0.39, 0.29) is 23.2 Å². The fraction of sp³-hybridized carbons (Fsp3) is 0.281. The van der Waals surface area contributed by atoms with Gasteiger partial charge in [0.15, 0.2) is 5.82 Å². The number of carbonyl (C=O) groups is 1. The van der Waals surface area contributed by atoms with Crippen LogP contribution in [-0.4, -0.2) is 48.7 Å². The highest BCUT2D eigenvalue weighted by Crippen LogP contribution is 2.36. The Morgan fingerprint density at radius 1 is 1.07 bits per heavy atom. The monoisotopic (exact) mass is 630 g/mol. The number of benzene rings is 3. The minimum Gasteiger partial charge on any atom is -0.361 e. The van der Waals surface area contributed by atoms with Crippen LogP contribution < -0.4 is 0 Å². The number of rotatable bonds is 10. The van der Waals surface area contributed by atoms with Crippen molar-refractivity contribution in [2.45, 2.75) is 56.1 Å². The maximum atomic E-state index is 14.5. The summed E-state index contributed by atoms with van der Waals surface area (Å²) in [5, 5.41) is 9.99. The zero-order valence-corrected chi connectivity index (χ0v) is 27.8. The van der Waals surface area contributed by atoms with Gasteiger partial charge in [-0.3, -0.25) is 9.36 Å². The highest BCUT2D eigenvalue weighted by atomic mass is 32.2. The molecule has 8 nitrogen and oxygen atoms in total. The smallest absolute Gasteiger partial charge is 0.268 e. The second-order valence-corrected chi connectivity index (χ2v) is 20.1. The lowest BCUT2D eigenvalue weighted by atomic mass is 10.0. The molecule has 43 heavy (non-hydrogen) atoms. The van der Waals surface area contributed by atoms with Crippen LogP contribution in [0.2, 0.25) is 25.7 Å². The molecule has 0 saturated heterocycles. The maximum absolute atomic E-state index is 14.5. The Balaban J connectivity index is 1.67. The molecule has 0 amide bonds. The van der Waals surface area contributed by atoms with E-state index in [9.17, 15) is 18.5 Å². The van der Waals surface area contributed by atoms with Crippen molar-refractivity contribution in [2.75, 3.05) is 12.9 Å². The SMILES string of the molecule is CSc1cc(C)c2c(ccn2S(=O)(=O)c2ccc(C)cc2)c1C(=O)c1nc2cc(C#N)ccc2n1COCC[Si](C)(C)C. The first-order chi connectivity index (χ1) is 20.4. The number of thioether (sulfide) groups is 1. The summed E-state index contributed by atoms with van der Waals surface area (Å²) in [7, 11) is -5.25. The molecule has 0 unspecified atom stereocenters. The summed E-state index contributed by atoms with van der Waals surface area (Å²) in [4.78, 5) is 20.1. The van der Waals surface area contributed by atoms with E-state index in [0.29, 0.717) is 39.7 Å². The summed E-state index contributed by atoms with van der Waals surface area (Å²) in [5.74, 6) is -0.170. The van der Waals surface area contributed by atoms with Crippen molar-refractivity contribution < 1.29 is 17.9 Å². The van der Waals surface area contributed by atoms with Gasteiger partial charge in [0, 0.05) is 36.7 Å². The quantitative estimate of drug-likeness (QED) is 0.0709. The van der Waals surface area contributed by atoms with Gasteiger partial charge in [0.25, 0.3) is 10.0 Å². The van der Waals surface area contributed by atoms with Gasteiger partial charge in [-0.1, -0.05) is 37.3 Å². The molecule has 0 bridgehead atoms. The van der Waals surface area contributed by atoms with Gasteiger partial charge in [0.1, 0.15) is 6.73 Å². The summed E-state index contributed by atoms with van der Waals surface area (Å²) in [6.07, 6.45) is 3.40. The van der Waals surface area contributed by atoms with Crippen molar-refractivity contribution in [1.82, 2.24) is 13.5 Å². The van der Waals surface area contributed by atoms with E-state index in [1.807, 2.05) is 26.2 Å². The molecular formula is C32H34N4O4S2Si. The second-order valence-electron chi connectivity index (χ2n) is 11.8. The number of hydrogen-bond donors (Lipinski definition) is 0. The van der Waals surface area contributed by atoms with Gasteiger partial charge < -0.3 is 4.74 Å². The number of hydrogen-bond acceptors (Lipinski definition) is 7. The Hall–Kier alpha value is -3.69. The molecule has 2 aromatic heterocycles. The number of nitriles is 1. The molecule has 0 aliphatic rings. The van der Waals surface area contributed by atoms with Crippen LogP contribution in [0.3, 0.4) is 0 Å². The molecule has 0 spiro atoms. The largest absolute Gasteiger partial charge is 0.361 e. The molecule has 0 radical (unpaired) electrons. The van der Waals surface area contributed by atoms with E-state index < -0.39 is 18.1 Å². The molecule has 5 aromatic rings. The number of imidazole rings is 1. The summed E-state index contributed by atoms with van der Waals surface area (Å²) >= 11 is 1.42. The highest BCUT2D eigenvalue weighted by molar-refractivity contribution is 7.98.